The fourth-order valence-corrected chi connectivity index (χ4v) is 6.10. The van der Waals surface area contributed by atoms with Crippen LogP contribution >= 0.6 is 11.3 Å². The first-order valence-corrected chi connectivity index (χ1v) is 12.7. The van der Waals surface area contributed by atoms with Crippen molar-refractivity contribution in [3.05, 3.63) is 62.0 Å². The molecule has 1 fully saturated rings. The van der Waals surface area contributed by atoms with E-state index in [1.165, 1.54) is 17.4 Å². The minimum Gasteiger partial charge on any atom is -0.349 e. The van der Waals surface area contributed by atoms with Crippen LogP contribution in [0.4, 0.5) is 8.78 Å². The number of carbonyl (C=O) groups excluding carboxylic acids is 1. The second kappa shape index (κ2) is 9.54. The molecule has 4 heterocycles. The molecule has 0 unspecified atom stereocenters. The molecule has 0 saturated carbocycles. The number of likely N-dealkylation sites (tertiary alicyclic amines) is 1. The highest BCUT2D eigenvalue weighted by atomic mass is 32.1. The van der Waals surface area contributed by atoms with Crippen molar-refractivity contribution < 1.29 is 13.6 Å². The molecule has 0 radical (unpaired) electrons. The van der Waals surface area contributed by atoms with E-state index >= 15 is 0 Å². The molecular weight excluding hydrogens is 458 g/mol. The smallest absolute Gasteiger partial charge is 0.262 e. The van der Waals surface area contributed by atoms with Crippen LogP contribution in [0.25, 0.3) is 10.2 Å². The van der Waals surface area contributed by atoms with Crippen LogP contribution in [0, 0.1) is 18.6 Å². The van der Waals surface area contributed by atoms with Gasteiger partial charge in [0.25, 0.3) is 11.5 Å². The molecule has 180 valence electrons. The molecular formula is C25H28F2N4O2S. The van der Waals surface area contributed by atoms with Crippen LogP contribution in [-0.2, 0) is 19.5 Å². The Labute approximate surface area is 200 Å². The van der Waals surface area contributed by atoms with E-state index in [9.17, 15) is 18.4 Å². The third kappa shape index (κ3) is 4.51. The summed E-state index contributed by atoms with van der Waals surface area (Å²) in [6.07, 6.45) is 5.45. The van der Waals surface area contributed by atoms with Crippen LogP contribution in [0.15, 0.2) is 23.0 Å². The van der Waals surface area contributed by atoms with Gasteiger partial charge in [0, 0.05) is 38.6 Å². The number of aryl methyl sites for hydroxylation is 2. The van der Waals surface area contributed by atoms with Gasteiger partial charge in [-0.1, -0.05) is 12.5 Å². The summed E-state index contributed by atoms with van der Waals surface area (Å²) in [5.74, 6) is -0.991. The third-order valence-corrected chi connectivity index (χ3v) is 8.12. The number of thiophene rings is 1. The number of fused-ring (bicyclic) bond motifs is 2. The summed E-state index contributed by atoms with van der Waals surface area (Å²) in [4.78, 5) is 34.4. The highest BCUT2D eigenvalue weighted by Gasteiger charge is 2.26. The largest absolute Gasteiger partial charge is 0.349 e. The Balaban J connectivity index is 1.25. The highest BCUT2D eigenvalue weighted by molar-refractivity contribution is 7.20. The summed E-state index contributed by atoms with van der Waals surface area (Å²) in [6, 6.07) is 4.03. The molecule has 0 bridgehead atoms. The Bertz CT molecular complexity index is 1290. The minimum absolute atomic E-state index is 0.0276. The number of nitrogens with zero attached hydrogens (tertiary/aromatic N) is 3. The lowest BCUT2D eigenvalue weighted by atomic mass is 10.0. The molecule has 2 aliphatic rings. The highest BCUT2D eigenvalue weighted by Crippen LogP contribution is 2.29. The van der Waals surface area contributed by atoms with Crippen LogP contribution < -0.4 is 10.9 Å². The predicted octanol–water partition coefficient (Wildman–Crippen LogP) is 4.17. The molecule has 0 spiro atoms. The second-order valence-corrected chi connectivity index (χ2v) is 10.3. The van der Waals surface area contributed by atoms with Crippen molar-refractivity contribution in [2.24, 2.45) is 0 Å². The molecule has 34 heavy (non-hydrogen) atoms. The van der Waals surface area contributed by atoms with Gasteiger partial charge >= 0.3 is 0 Å². The van der Waals surface area contributed by atoms with Crippen molar-refractivity contribution in [2.45, 2.75) is 64.6 Å². The third-order valence-electron chi connectivity index (χ3n) is 6.93. The summed E-state index contributed by atoms with van der Waals surface area (Å²) in [5, 5.41) is 3.71. The van der Waals surface area contributed by atoms with Gasteiger partial charge in [0.1, 0.15) is 10.7 Å². The maximum Gasteiger partial charge on any atom is 0.262 e. The van der Waals surface area contributed by atoms with E-state index in [0.29, 0.717) is 33.7 Å². The molecule has 0 aliphatic carbocycles. The fourth-order valence-electron chi connectivity index (χ4n) is 5.01. The van der Waals surface area contributed by atoms with Gasteiger partial charge in [0.15, 0.2) is 11.6 Å². The van der Waals surface area contributed by atoms with E-state index in [0.717, 1.165) is 69.1 Å². The molecule has 1 amide bonds. The van der Waals surface area contributed by atoms with Gasteiger partial charge < -0.3 is 5.32 Å². The van der Waals surface area contributed by atoms with Gasteiger partial charge in [-0.3, -0.25) is 19.1 Å². The van der Waals surface area contributed by atoms with Crippen molar-refractivity contribution in [3.63, 3.8) is 0 Å². The van der Waals surface area contributed by atoms with Crippen LogP contribution in [0.1, 0.15) is 58.7 Å². The number of aromatic nitrogens is 2. The number of halogens is 2. The molecule has 2 aromatic heterocycles. The summed E-state index contributed by atoms with van der Waals surface area (Å²) in [7, 11) is 0. The van der Waals surface area contributed by atoms with Crippen LogP contribution in [0.5, 0.6) is 0 Å². The molecule has 1 saturated heterocycles. The fraction of sp³-hybridized carbons (Fsp3) is 0.480. The van der Waals surface area contributed by atoms with Gasteiger partial charge in [-0.25, -0.2) is 13.8 Å². The second-order valence-electron chi connectivity index (χ2n) is 9.30. The van der Waals surface area contributed by atoms with Crippen LogP contribution in [0.2, 0.25) is 0 Å². The standard InChI is InChI=1S/C25H28F2N4O2S/c1-15-21-24(29-20-5-3-2-4-10-31(20)25(21)33)34-22(15)23(32)28-17-8-11-30(12-9-17)14-16-6-7-18(26)19(27)13-16/h6-7,13,17H,2-5,8-12,14H2,1H3,(H,28,32). The van der Waals surface area contributed by atoms with E-state index in [1.807, 2.05) is 6.92 Å². The van der Waals surface area contributed by atoms with Gasteiger partial charge in [-0.2, -0.15) is 0 Å². The Hall–Kier alpha value is -2.65. The van der Waals surface area contributed by atoms with Crippen molar-refractivity contribution >= 4 is 27.5 Å². The number of nitrogens with one attached hydrogen (secondary N) is 1. The molecule has 5 rings (SSSR count). The minimum atomic E-state index is -0.838. The number of hydrogen-bond acceptors (Lipinski definition) is 5. The zero-order valence-electron chi connectivity index (χ0n) is 19.2. The molecule has 9 heteroatoms. The monoisotopic (exact) mass is 486 g/mol. The lowest BCUT2D eigenvalue weighted by Crippen LogP contribution is -2.44. The Morgan fingerprint density at radius 2 is 1.94 bits per heavy atom. The number of piperidine rings is 1. The van der Waals surface area contributed by atoms with Crippen molar-refractivity contribution in [2.75, 3.05) is 13.1 Å². The van der Waals surface area contributed by atoms with E-state index in [1.54, 1.807) is 10.6 Å². The van der Waals surface area contributed by atoms with Crippen LogP contribution in [-0.4, -0.2) is 39.5 Å². The molecule has 0 atom stereocenters. The van der Waals surface area contributed by atoms with E-state index in [2.05, 4.69) is 10.2 Å². The SMILES string of the molecule is Cc1c(C(=O)NC2CCN(Cc3ccc(F)c(F)c3)CC2)sc2nc3n(c(=O)c12)CCCCC3. The normalized spacial score (nSPS) is 17.5. The Morgan fingerprint density at radius 1 is 1.15 bits per heavy atom. The summed E-state index contributed by atoms with van der Waals surface area (Å²) in [6.45, 7) is 4.59. The first kappa shape index (κ1) is 23.1. The van der Waals surface area contributed by atoms with Gasteiger partial charge in [0.05, 0.1) is 10.3 Å². The van der Waals surface area contributed by atoms with Gasteiger partial charge in [0.2, 0.25) is 0 Å². The molecule has 6 nitrogen and oxygen atoms in total. The average molecular weight is 487 g/mol. The number of benzene rings is 1. The van der Waals surface area contributed by atoms with Crippen molar-refractivity contribution in [1.29, 1.82) is 0 Å². The van der Waals surface area contributed by atoms with Crippen LogP contribution in [0.3, 0.4) is 0 Å². The summed E-state index contributed by atoms with van der Waals surface area (Å²) < 4.78 is 28.4. The van der Waals surface area contributed by atoms with E-state index < -0.39 is 11.6 Å². The zero-order valence-corrected chi connectivity index (χ0v) is 20.0. The maximum atomic E-state index is 13.5. The Kier molecular flexibility index (Phi) is 6.48. The molecule has 1 aromatic carbocycles. The zero-order chi connectivity index (χ0) is 23.8. The van der Waals surface area contributed by atoms with E-state index in [4.69, 9.17) is 4.98 Å². The van der Waals surface area contributed by atoms with Crippen molar-refractivity contribution in [3.8, 4) is 0 Å². The molecule has 2 aliphatic heterocycles. The number of carbonyl (C=O) groups is 1. The predicted molar refractivity (Wildman–Crippen MR) is 128 cm³/mol. The Morgan fingerprint density at radius 3 is 2.71 bits per heavy atom. The first-order valence-electron chi connectivity index (χ1n) is 11.9. The lowest BCUT2D eigenvalue weighted by Gasteiger charge is -2.32. The number of amides is 1. The number of hydrogen-bond donors (Lipinski definition) is 1. The van der Waals surface area contributed by atoms with Gasteiger partial charge in [-0.05, 0) is 55.9 Å². The lowest BCUT2D eigenvalue weighted by molar-refractivity contribution is 0.0912. The molecule has 1 N–H and O–H groups in total. The van der Waals surface area contributed by atoms with Gasteiger partial charge in [-0.15, -0.1) is 11.3 Å². The summed E-state index contributed by atoms with van der Waals surface area (Å²) >= 11 is 1.31. The summed E-state index contributed by atoms with van der Waals surface area (Å²) in [5.41, 5.74) is 1.42. The first-order chi connectivity index (χ1) is 16.4. The molecule has 3 aromatic rings. The van der Waals surface area contributed by atoms with Crippen molar-refractivity contribution in [1.82, 2.24) is 19.8 Å². The maximum absolute atomic E-state index is 13.5. The quantitative estimate of drug-likeness (QED) is 0.601. The number of rotatable bonds is 4. The average Bonchev–Trinajstić information content (AvgIpc) is 2.98. The topological polar surface area (TPSA) is 67.2 Å². The van der Waals surface area contributed by atoms with E-state index in [-0.39, 0.29) is 17.5 Å².